The van der Waals surface area contributed by atoms with Crippen LogP contribution in [0.4, 0.5) is 0 Å². The van der Waals surface area contributed by atoms with Gasteiger partial charge in [0, 0.05) is 44.6 Å². The summed E-state index contributed by atoms with van der Waals surface area (Å²) < 4.78 is 5.83. The van der Waals surface area contributed by atoms with Crippen LogP contribution in [-0.2, 0) is 24.4 Å². The minimum absolute atomic E-state index is 0.310. The summed E-state index contributed by atoms with van der Waals surface area (Å²) in [6.45, 7) is 8.96. The van der Waals surface area contributed by atoms with Crippen LogP contribution in [0.25, 0.3) is 0 Å². The van der Waals surface area contributed by atoms with E-state index in [0.717, 1.165) is 38.4 Å². The van der Waals surface area contributed by atoms with Gasteiger partial charge in [0.15, 0.2) is 0 Å². The van der Waals surface area contributed by atoms with Crippen LogP contribution in [0, 0.1) is 0 Å². The van der Waals surface area contributed by atoms with Gasteiger partial charge in [-0.3, -0.25) is 10.00 Å². The molecule has 0 unspecified atom stereocenters. The van der Waals surface area contributed by atoms with Crippen molar-refractivity contribution in [2.24, 2.45) is 0 Å². The number of morpholine rings is 1. The van der Waals surface area contributed by atoms with Gasteiger partial charge in [0.05, 0.1) is 12.2 Å². The van der Waals surface area contributed by atoms with Crippen molar-refractivity contribution in [3.63, 3.8) is 0 Å². The van der Waals surface area contributed by atoms with E-state index in [1.165, 1.54) is 11.1 Å². The number of hydrogen-bond donors (Lipinski definition) is 2. The molecule has 1 fully saturated rings. The highest BCUT2D eigenvalue weighted by molar-refractivity contribution is 5.27. The number of hydrogen-bond acceptors (Lipinski definition) is 4. The molecule has 0 saturated carbocycles. The Morgan fingerprint density at radius 1 is 1.13 bits per heavy atom. The van der Waals surface area contributed by atoms with Gasteiger partial charge in [0.25, 0.3) is 0 Å². The van der Waals surface area contributed by atoms with Gasteiger partial charge in [-0.25, -0.2) is 0 Å². The first-order valence-corrected chi connectivity index (χ1v) is 8.34. The molecule has 1 aromatic heterocycles. The normalized spacial score (nSPS) is 22.3. The summed E-state index contributed by atoms with van der Waals surface area (Å²) in [6, 6.07) is 10.7. The minimum atomic E-state index is 0.310. The second kappa shape index (κ2) is 7.73. The fourth-order valence-electron chi connectivity index (χ4n) is 3.25. The zero-order valence-corrected chi connectivity index (χ0v) is 14.0. The second-order valence-electron chi connectivity index (χ2n) is 6.41. The quantitative estimate of drug-likeness (QED) is 0.859. The third kappa shape index (κ3) is 4.64. The first kappa shape index (κ1) is 16.2. The van der Waals surface area contributed by atoms with Gasteiger partial charge in [-0.15, -0.1) is 0 Å². The SMILES string of the molecule is C[C@H]1CN(Cc2ccccc2CNCc2ccn[nH]2)C[C@H](C)O1. The smallest absolute Gasteiger partial charge is 0.0678 e. The van der Waals surface area contributed by atoms with Crippen LogP contribution in [0.5, 0.6) is 0 Å². The molecule has 2 atom stereocenters. The van der Waals surface area contributed by atoms with E-state index in [9.17, 15) is 0 Å². The largest absolute Gasteiger partial charge is 0.373 e. The zero-order valence-electron chi connectivity index (χ0n) is 14.0. The number of aromatic nitrogens is 2. The first-order chi connectivity index (χ1) is 11.2. The van der Waals surface area contributed by atoms with Crippen molar-refractivity contribution in [3.8, 4) is 0 Å². The number of ether oxygens (including phenoxy) is 1. The molecule has 0 radical (unpaired) electrons. The molecule has 1 aliphatic heterocycles. The number of nitrogens with zero attached hydrogens (tertiary/aromatic N) is 2. The highest BCUT2D eigenvalue weighted by Gasteiger charge is 2.22. The third-order valence-electron chi connectivity index (χ3n) is 4.20. The van der Waals surface area contributed by atoms with Crippen LogP contribution >= 0.6 is 0 Å². The van der Waals surface area contributed by atoms with E-state index in [-0.39, 0.29) is 0 Å². The molecule has 1 saturated heterocycles. The summed E-state index contributed by atoms with van der Waals surface area (Å²) in [5.41, 5.74) is 3.86. The Bertz CT molecular complexity index is 589. The molecule has 2 N–H and O–H groups in total. The molecule has 3 rings (SSSR count). The Hall–Kier alpha value is -1.69. The van der Waals surface area contributed by atoms with Crippen LogP contribution in [0.2, 0.25) is 0 Å². The molecule has 0 amide bonds. The monoisotopic (exact) mass is 314 g/mol. The van der Waals surface area contributed by atoms with Gasteiger partial charge in [-0.1, -0.05) is 24.3 Å². The highest BCUT2D eigenvalue weighted by atomic mass is 16.5. The standard InChI is InChI=1S/C18H26N4O/c1-14-11-22(12-15(2)23-14)13-17-6-4-3-5-16(17)9-19-10-18-7-8-20-21-18/h3-8,14-15,19H,9-13H2,1-2H3,(H,20,21)/t14-,15-/m0/s1. The molecule has 2 aromatic rings. The molecule has 23 heavy (non-hydrogen) atoms. The lowest BCUT2D eigenvalue weighted by Gasteiger charge is -2.35. The molecule has 0 bridgehead atoms. The van der Waals surface area contributed by atoms with Crippen molar-refractivity contribution in [1.82, 2.24) is 20.4 Å². The van der Waals surface area contributed by atoms with Gasteiger partial charge in [0.2, 0.25) is 0 Å². The summed E-state index contributed by atoms with van der Waals surface area (Å²) in [5, 5.41) is 10.4. The summed E-state index contributed by atoms with van der Waals surface area (Å²) >= 11 is 0. The number of benzene rings is 1. The van der Waals surface area contributed by atoms with Crippen molar-refractivity contribution in [2.75, 3.05) is 13.1 Å². The molecule has 2 heterocycles. The molecule has 1 aromatic carbocycles. The Balaban J connectivity index is 1.58. The van der Waals surface area contributed by atoms with Crippen LogP contribution in [0.3, 0.4) is 0 Å². The van der Waals surface area contributed by atoms with Crippen molar-refractivity contribution in [2.45, 2.75) is 45.7 Å². The minimum Gasteiger partial charge on any atom is -0.373 e. The van der Waals surface area contributed by atoms with Gasteiger partial charge < -0.3 is 10.1 Å². The fraction of sp³-hybridized carbons (Fsp3) is 0.500. The zero-order chi connectivity index (χ0) is 16.1. The number of aromatic amines is 1. The van der Waals surface area contributed by atoms with Gasteiger partial charge in [0.1, 0.15) is 0 Å². The number of nitrogens with one attached hydrogen (secondary N) is 2. The van der Waals surface area contributed by atoms with Gasteiger partial charge >= 0.3 is 0 Å². The van der Waals surface area contributed by atoms with Crippen LogP contribution in [-0.4, -0.2) is 40.4 Å². The first-order valence-electron chi connectivity index (χ1n) is 8.34. The summed E-state index contributed by atoms with van der Waals surface area (Å²) in [5.74, 6) is 0. The van der Waals surface area contributed by atoms with E-state index in [2.05, 4.69) is 58.5 Å². The molecule has 1 aliphatic rings. The predicted octanol–water partition coefficient (Wildman–Crippen LogP) is 2.31. The lowest BCUT2D eigenvalue weighted by atomic mass is 10.1. The lowest BCUT2D eigenvalue weighted by Crippen LogP contribution is -2.45. The van der Waals surface area contributed by atoms with Crippen LogP contribution in [0.1, 0.15) is 30.7 Å². The average molecular weight is 314 g/mol. The molecular weight excluding hydrogens is 288 g/mol. The number of rotatable bonds is 6. The van der Waals surface area contributed by atoms with E-state index in [1.807, 2.05) is 6.07 Å². The summed E-state index contributed by atoms with van der Waals surface area (Å²) in [4.78, 5) is 2.49. The van der Waals surface area contributed by atoms with Crippen molar-refractivity contribution >= 4 is 0 Å². The Labute approximate surface area is 138 Å². The maximum absolute atomic E-state index is 5.83. The Morgan fingerprint density at radius 3 is 2.57 bits per heavy atom. The molecular formula is C18H26N4O. The predicted molar refractivity (Wildman–Crippen MR) is 90.9 cm³/mol. The molecule has 0 aliphatic carbocycles. The maximum atomic E-state index is 5.83. The summed E-state index contributed by atoms with van der Waals surface area (Å²) in [7, 11) is 0. The van der Waals surface area contributed by atoms with Crippen molar-refractivity contribution in [3.05, 3.63) is 53.3 Å². The van der Waals surface area contributed by atoms with E-state index in [4.69, 9.17) is 4.74 Å². The van der Waals surface area contributed by atoms with E-state index < -0.39 is 0 Å². The molecule has 124 valence electrons. The third-order valence-corrected chi connectivity index (χ3v) is 4.20. The molecule has 5 nitrogen and oxygen atoms in total. The van der Waals surface area contributed by atoms with Crippen LogP contribution in [0.15, 0.2) is 36.5 Å². The lowest BCUT2D eigenvalue weighted by molar-refractivity contribution is -0.0705. The Morgan fingerprint density at radius 2 is 1.87 bits per heavy atom. The van der Waals surface area contributed by atoms with Gasteiger partial charge in [-0.05, 0) is 31.0 Å². The van der Waals surface area contributed by atoms with E-state index in [0.29, 0.717) is 12.2 Å². The average Bonchev–Trinajstić information content (AvgIpc) is 3.01. The van der Waals surface area contributed by atoms with E-state index >= 15 is 0 Å². The topological polar surface area (TPSA) is 53.2 Å². The van der Waals surface area contributed by atoms with Crippen LogP contribution < -0.4 is 5.32 Å². The highest BCUT2D eigenvalue weighted by Crippen LogP contribution is 2.17. The fourth-order valence-corrected chi connectivity index (χ4v) is 3.25. The molecule has 5 heteroatoms. The van der Waals surface area contributed by atoms with E-state index in [1.54, 1.807) is 6.20 Å². The molecule has 0 spiro atoms. The number of H-pyrrole nitrogens is 1. The summed E-state index contributed by atoms with van der Waals surface area (Å²) in [6.07, 6.45) is 2.40. The Kier molecular flexibility index (Phi) is 5.43. The second-order valence-corrected chi connectivity index (χ2v) is 6.41. The van der Waals surface area contributed by atoms with Crippen molar-refractivity contribution in [1.29, 1.82) is 0 Å². The van der Waals surface area contributed by atoms with Gasteiger partial charge in [-0.2, -0.15) is 5.10 Å². The maximum Gasteiger partial charge on any atom is 0.0678 e. The van der Waals surface area contributed by atoms with Crippen molar-refractivity contribution < 1.29 is 4.74 Å².